The Hall–Kier alpha value is -2.77. The van der Waals surface area contributed by atoms with Gasteiger partial charge in [0.15, 0.2) is 0 Å². The Morgan fingerprint density at radius 1 is 0.655 bits per heavy atom. The average Bonchev–Trinajstić information content (AvgIpc) is 3.16. The fourth-order valence-electron chi connectivity index (χ4n) is 3.28. The smallest absolute Gasteiger partial charge is 0.0886 e. The number of aromatic nitrogens is 2. The van der Waals surface area contributed by atoms with Crippen molar-refractivity contribution in [3.8, 4) is 22.5 Å². The minimum atomic E-state index is 0. The Morgan fingerprint density at radius 2 is 1.28 bits per heavy atom. The molecule has 0 amide bonds. The molecule has 0 aliphatic heterocycles. The van der Waals surface area contributed by atoms with Gasteiger partial charge < -0.3 is 0 Å². The Morgan fingerprint density at radius 3 is 1.86 bits per heavy atom. The van der Waals surface area contributed by atoms with Crippen LogP contribution in [-0.2, 0) is 26.2 Å². The van der Waals surface area contributed by atoms with Crippen LogP contribution in [0.15, 0.2) is 109 Å². The molecule has 0 aliphatic carbocycles. The molecule has 2 nitrogen and oxygen atoms in total. The molecule has 0 fully saturated rings. The fourth-order valence-corrected chi connectivity index (χ4v) is 3.28. The molecule has 0 atom stereocenters. The van der Waals surface area contributed by atoms with Gasteiger partial charge in [0.1, 0.15) is 0 Å². The number of hydrogen-bond donors (Lipinski definition) is 0. The van der Waals surface area contributed by atoms with Crippen molar-refractivity contribution >= 4 is 10.8 Å². The second-order valence-corrected chi connectivity index (χ2v) is 6.64. The zero-order valence-corrected chi connectivity index (χ0v) is 18.7. The van der Waals surface area contributed by atoms with E-state index < -0.39 is 0 Å². The van der Waals surface area contributed by atoms with Gasteiger partial charge in [-0.2, -0.15) is 6.07 Å². The monoisotopic (exact) mass is 451 g/mol. The van der Waals surface area contributed by atoms with E-state index in [0.29, 0.717) is 0 Å². The summed E-state index contributed by atoms with van der Waals surface area (Å²) in [7, 11) is 0. The van der Waals surface area contributed by atoms with Crippen LogP contribution in [0.25, 0.3) is 33.3 Å². The van der Waals surface area contributed by atoms with Gasteiger partial charge in [0.2, 0.25) is 0 Å². The Balaban J connectivity index is 0.000000167. The van der Waals surface area contributed by atoms with Crippen LogP contribution >= 0.6 is 0 Å². The fraction of sp³-hybridized carbons (Fsp3) is 0.0385. The van der Waals surface area contributed by atoms with Gasteiger partial charge in [0.05, 0.1) is 11.4 Å². The van der Waals surface area contributed by atoms with Crippen LogP contribution < -0.4 is 0 Å². The largest absolute Gasteiger partial charge is 0.255 e. The summed E-state index contributed by atoms with van der Waals surface area (Å²) in [4.78, 5) is 8.37. The number of benzene rings is 2. The molecule has 5 rings (SSSR count). The SMILES string of the molecule is Cc1cc2c(-c3ccccc3)cccc2[cH-]1.[Zr].c1ccc(-c2ccccn2)nc1. The first-order chi connectivity index (χ1) is 13.8. The summed E-state index contributed by atoms with van der Waals surface area (Å²) in [6.45, 7) is 2.15. The number of fused-ring (bicyclic) bond motifs is 1. The maximum Gasteiger partial charge on any atom is 0.0886 e. The molecule has 0 saturated heterocycles. The molecule has 2 heterocycles. The van der Waals surface area contributed by atoms with Gasteiger partial charge in [-0.25, -0.2) is 0 Å². The van der Waals surface area contributed by atoms with Crippen LogP contribution in [0, 0.1) is 6.92 Å². The van der Waals surface area contributed by atoms with Crippen LogP contribution in [0.2, 0.25) is 0 Å². The molecule has 29 heavy (non-hydrogen) atoms. The van der Waals surface area contributed by atoms with Gasteiger partial charge in [-0.3, -0.25) is 9.97 Å². The van der Waals surface area contributed by atoms with E-state index in [1.807, 2.05) is 36.4 Å². The third-order valence-corrected chi connectivity index (χ3v) is 4.57. The van der Waals surface area contributed by atoms with E-state index in [9.17, 15) is 0 Å². The summed E-state index contributed by atoms with van der Waals surface area (Å²) in [5.41, 5.74) is 5.78. The molecule has 0 bridgehead atoms. The van der Waals surface area contributed by atoms with Gasteiger partial charge in [-0.1, -0.05) is 61.0 Å². The zero-order valence-electron chi connectivity index (χ0n) is 16.3. The number of hydrogen-bond acceptors (Lipinski definition) is 2. The predicted octanol–water partition coefficient (Wildman–Crippen LogP) is 6.68. The second-order valence-electron chi connectivity index (χ2n) is 6.64. The summed E-state index contributed by atoms with van der Waals surface area (Å²) in [5, 5.41) is 2.69. The predicted molar refractivity (Wildman–Crippen MR) is 117 cm³/mol. The molecule has 0 spiro atoms. The topological polar surface area (TPSA) is 25.8 Å². The Kier molecular flexibility index (Phi) is 7.32. The minimum absolute atomic E-state index is 0. The first-order valence-corrected chi connectivity index (χ1v) is 9.35. The van der Waals surface area contributed by atoms with Crippen LogP contribution in [0.1, 0.15) is 5.56 Å². The first kappa shape index (κ1) is 21.0. The normalized spacial score (nSPS) is 9.97. The van der Waals surface area contributed by atoms with Crippen LogP contribution in [0.5, 0.6) is 0 Å². The maximum atomic E-state index is 4.19. The van der Waals surface area contributed by atoms with E-state index in [0.717, 1.165) is 11.4 Å². The maximum absolute atomic E-state index is 4.19. The summed E-state index contributed by atoms with van der Waals surface area (Å²) >= 11 is 0. The van der Waals surface area contributed by atoms with E-state index in [-0.39, 0.29) is 26.2 Å². The minimum Gasteiger partial charge on any atom is -0.255 e. The number of pyridine rings is 2. The number of rotatable bonds is 2. The summed E-state index contributed by atoms with van der Waals surface area (Å²) in [6.07, 6.45) is 3.54. The van der Waals surface area contributed by atoms with E-state index in [4.69, 9.17) is 0 Å². The third-order valence-electron chi connectivity index (χ3n) is 4.57. The van der Waals surface area contributed by atoms with Gasteiger partial charge >= 0.3 is 0 Å². The quantitative estimate of drug-likeness (QED) is 0.279. The van der Waals surface area contributed by atoms with Gasteiger partial charge in [-0.15, -0.1) is 34.5 Å². The van der Waals surface area contributed by atoms with E-state index >= 15 is 0 Å². The molecular weight excluding hydrogens is 432 g/mol. The Bertz CT molecular complexity index is 1110. The van der Waals surface area contributed by atoms with Crippen LogP contribution in [0.4, 0.5) is 0 Å². The molecule has 5 aromatic rings. The standard InChI is InChI=1S/C16H13.C10H8N2.Zr/c1-12-10-14-8-5-9-15(16(14)11-12)13-6-3-2-4-7-13;1-3-7-11-9(5-1)10-6-2-4-8-12-10;/h2-11H,1H3;1-8H;/q-1;;. The van der Waals surface area contributed by atoms with E-state index in [1.165, 1.54) is 27.5 Å². The van der Waals surface area contributed by atoms with E-state index in [1.54, 1.807) is 12.4 Å². The van der Waals surface area contributed by atoms with Gasteiger partial charge in [0, 0.05) is 38.6 Å². The van der Waals surface area contributed by atoms with Crippen molar-refractivity contribution in [2.75, 3.05) is 0 Å². The van der Waals surface area contributed by atoms with Crippen molar-refractivity contribution in [3.63, 3.8) is 0 Å². The summed E-state index contributed by atoms with van der Waals surface area (Å²) in [5.74, 6) is 0. The van der Waals surface area contributed by atoms with Crippen molar-refractivity contribution in [1.82, 2.24) is 9.97 Å². The molecule has 0 N–H and O–H groups in total. The van der Waals surface area contributed by atoms with Gasteiger partial charge in [-0.05, 0) is 29.8 Å². The summed E-state index contributed by atoms with van der Waals surface area (Å²) in [6, 6.07) is 33.1. The number of nitrogens with zero attached hydrogens (tertiary/aromatic N) is 2. The first-order valence-electron chi connectivity index (χ1n) is 9.35. The third kappa shape index (κ3) is 5.19. The van der Waals surface area contributed by atoms with Crippen molar-refractivity contribution in [1.29, 1.82) is 0 Å². The summed E-state index contributed by atoms with van der Waals surface area (Å²) < 4.78 is 0. The van der Waals surface area contributed by atoms with Crippen molar-refractivity contribution in [2.24, 2.45) is 0 Å². The van der Waals surface area contributed by atoms with E-state index in [2.05, 4.69) is 77.6 Å². The van der Waals surface area contributed by atoms with Crippen molar-refractivity contribution in [3.05, 3.63) is 115 Å². The molecule has 2 aromatic heterocycles. The van der Waals surface area contributed by atoms with Crippen molar-refractivity contribution in [2.45, 2.75) is 6.92 Å². The van der Waals surface area contributed by atoms with Crippen LogP contribution in [0.3, 0.4) is 0 Å². The average molecular weight is 453 g/mol. The molecular formula is C26H21N2Zr-. The number of aryl methyl sites for hydroxylation is 1. The zero-order chi connectivity index (χ0) is 19.2. The van der Waals surface area contributed by atoms with Crippen LogP contribution in [-0.4, -0.2) is 9.97 Å². The Labute approximate surface area is 190 Å². The molecule has 140 valence electrons. The molecule has 0 radical (unpaired) electrons. The molecule has 3 aromatic carbocycles. The second kappa shape index (κ2) is 10.1. The van der Waals surface area contributed by atoms with Gasteiger partial charge in [0.25, 0.3) is 0 Å². The molecule has 3 heteroatoms. The molecule has 0 unspecified atom stereocenters. The molecule has 0 aliphatic rings. The molecule has 0 saturated carbocycles. The van der Waals surface area contributed by atoms with Crippen molar-refractivity contribution < 1.29 is 26.2 Å².